The molecule has 8 nitrogen and oxygen atoms in total. The fourth-order valence-electron chi connectivity index (χ4n) is 3.63. The van der Waals surface area contributed by atoms with Gasteiger partial charge in [0.2, 0.25) is 15.9 Å². The Morgan fingerprint density at radius 2 is 1.68 bits per heavy atom. The van der Waals surface area contributed by atoms with Crippen molar-refractivity contribution in [2.24, 2.45) is 5.92 Å². The summed E-state index contributed by atoms with van der Waals surface area (Å²) >= 11 is 0. The van der Waals surface area contributed by atoms with Gasteiger partial charge < -0.3 is 14.8 Å². The van der Waals surface area contributed by atoms with Crippen LogP contribution in [0.2, 0.25) is 0 Å². The zero-order valence-corrected chi connectivity index (χ0v) is 18.4. The fourth-order valence-corrected chi connectivity index (χ4v) is 5.28. The SMILES string of the molecule is COCc1ccccc1NC(=O)C1CCN(S(=O)(=O)c2ccccc2C(=O)OC)CC1. The molecule has 0 spiro atoms. The number of rotatable bonds is 7. The smallest absolute Gasteiger partial charge is 0.339 e. The number of esters is 1. The van der Waals surface area contributed by atoms with Gasteiger partial charge in [0.15, 0.2) is 0 Å². The Labute approximate surface area is 182 Å². The van der Waals surface area contributed by atoms with Crippen LogP contribution in [0.5, 0.6) is 0 Å². The summed E-state index contributed by atoms with van der Waals surface area (Å²) in [5.74, 6) is -1.16. The van der Waals surface area contributed by atoms with Gasteiger partial charge in [0.1, 0.15) is 0 Å². The lowest BCUT2D eigenvalue weighted by Crippen LogP contribution is -2.41. The summed E-state index contributed by atoms with van der Waals surface area (Å²) in [6.45, 7) is 0.762. The first-order valence-electron chi connectivity index (χ1n) is 9.93. The number of benzene rings is 2. The van der Waals surface area contributed by atoms with Crippen molar-refractivity contribution in [3.63, 3.8) is 0 Å². The van der Waals surface area contributed by atoms with Crippen molar-refractivity contribution in [3.8, 4) is 0 Å². The normalized spacial score (nSPS) is 15.4. The number of piperidine rings is 1. The summed E-state index contributed by atoms with van der Waals surface area (Å²) in [5.41, 5.74) is 1.56. The summed E-state index contributed by atoms with van der Waals surface area (Å²) < 4.78 is 37.4. The minimum atomic E-state index is -3.89. The van der Waals surface area contributed by atoms with Crippen molar-refractivity contribution in [1.82, 2.24) is 4.31 Å². The van der Waals surface area contributed by atoms with E-state index in [-0.39, 0.29) is 35.4 Å². The molecular weight excluding hydrogens is 420 g/mol. The second kappa shape index (κ2) is 10.0. The topological polar surface area (TPSA) is 102 Å². The second-order valence-electron chi connectivity index (χ2n) is 7.25. The summed E-state index contributed by atoms with van der Waals surface area (Å²) in [4.78, 5) is 24.7. The monoisotopic (exact) mass is 446 g/mol. The average Bonchev–Trinajstić information content (AvgIpc) is 2.80. The van der Waals surface area contributed by atoms with E-state index in [1.807, 2.05) is 24.3 Å². The highest BCUT2D eigenvalue weighted by atomic mass is 32.2. The Kier molecular flexibility index (Phi) is 7.42. The van der Waals surface area contributed by atoms with Gasteiger partial charge in [-0.15, -0.1) is 0 Å². The van der Waals surface area contributed by atoms with Gasteiger partial charge in [-0.25, -0.2) is 13.2 Å². The van der Waals surface area contributed by atoms with Crippen LogP contribution in [0.4, 0.5) is 5.69 Å². The van der Waals surface area contributed by atoms with Crippen LogP contribution in [0.1, 0.15) is 28.8 Å². The van der Waals surface area contributed by atoms with Crippen LogP contribution in [0, 0.1) is 5.92 Å². The summed E-state index contributed by atoms with van der Waals surface area (Å²) in [6.07, 6.45) is 0.774. The number of nitrogens with one attached hydrogen (secondary N) is 1. The van der Waals surface area contributed by atoms with E-state index in [0.717, 1.165) is 5.56 Å². The number of ether oxygens (including phenoxy) is 2. The minimum absolute atomic E-state index is 0.000355. The van der Waals surface area contributed by atoms with E-state index in [1.54, 1.807) is 19.2 Å². The van der Waals surface area contributed by atoms with E-state index in [0.29, 0.717) is 25.1 Å². The molecule has 1 heterocycles. The Morgan fingerprint density at radius 3 is 2.35 bits per heavy atom. The minimum Gasteiger partial charge on any atom is -0.465 e. The molecule has 1 aliphatic rings. The first kappa shape index (κ1) is 22.9. The van der Waals surface area contributed by atoms with Crippen molar-refractivity contribution in [2.45, 2.75) is 24.3 Å². The lowest BCUT2D eigenvalue weighted by atomic mass is 9.97. The van der Waals surface area contributed by atoms with Gasteiger partial charge in [-0.05, 0) is 31.0 Å². The van der Waals surface area contributed by atoms with Gasteiger partial charge in [0, 0.05) is 37.4 Å². The maximum Gasteiger partial charge on any atom is 0.339 e. The molecule has 0 atom stereocenters. The number of hydrogen-bond acceptors (Lipinski definition) is 6. The number of hydrogen-bond donors (Lipinski definition) is 1. The van der Waals surface area contributed by atoms with Gasteiger partial charge in [-0.1, -0.05) is 30.3 Å². The van der Waals surface area contributed by atoms with Crippen LogP contribution in [-0.4, -0.2) is 51.9 Å². The van der Waals surface area contributed by atoms with E-state index in [1.165, 1.54) is 23.5 Å². The molecule has 1 fully saturated rings. The highest BCUT2D eigenvalue weighted by Gasteiger charge is 2.34. The third kappa shape index (κ3) is 5.12. The maximum absolute atomic E-state index is 13.1. The number of carbonyl (C=O) groups excluding carboxylic acids is 2. The van der Waals surface area contributed by atoms with Crippen LogP contribution in [0.25, 0.3) is 0 Å². The number of nitrogens with zero attached hydrogens (tertiary/aromatic N) is 1. The lowest BCUT2D eigenvalue weighted by molar-refractivity contribution is -0.120. The van der Waals surface area contributed by atoms with Crippen molar-refractivity contribution >= 4 is 27.6 Å². The van der Waals surface area contributed by atoms with Gasteiger partial charge in [0.05, 0.1) is 24.2 Å². The fraction of sp³-hybridized carbons (Fsp3) is 0.364. The molecule has 0 aliphatic carbocycles. The third-order valence-corrected chi connectivity index (χ3v) is 7.27. The molecule has 9 heteroatoms. The molecular formula is C22H26N2O6S. The van der Waals surface area contributed by atoms with E-state index >= 15 is 0 Å². The molecule has 2 aromatic rings. The quantitative estimate of drug-likeness (QED) is 0.656. The average molecular weight is 447 g/mol. The molecule has 1 saturated heterocycles. The van der Waals surface area contributed by atoms with Crippen LogP contribution >= 0.6 is 0 Å². The first-order valence-corrected chi connectivity index (χ1v) is 11.4. The Hall–Kier alpha value is -2.75. The van der Waals surface area contributed by atoms with Crippen LogP contribution in [0.15, 0.2) is 53.4 Å². The number of methoxy groups -OCH3 is 2. The molecule has 0 aromatic heterocycles. The molecule has 3 rings (SSSR count). The zero-order valence-electron chi connectivity index (χ0n) is 17.5. The van der Waals surface area contributed by atoms with E-state index in [4.69, 9.17) is 9.47 Å². The molecule has 1 aliphatic heterocycles. The van der Waals surface area contributed by atoms with Gasteiger partial charge in [-0.2, -0.15) is 4.31 Å². The number of sulfonamides is 1. The van der Waals surface area contributed by atoms with Crippen molar-refractivity contribution in [2.75, 3.05) is 32.6 Å². The lowest BCUT2D eigenvalue weighted by Gasteiger charge is -2.31. The number of amides is 1. The maximum atomic E-state index is 13.1. The molecule has 31 heavy (non-hydrogen) atoms. The zero-order chi connectivity index (χ0) is 22.4. The predicted octanol–water partition coefficient (Wildman–Crippen LogP) is 2.66. The number of anilines is 1. The van der Waals surface area contributed by atoms with Gasteiger partial charge >= 0.3 is 5.97 Å². The molecule has 0 unspecified atom stereocenters. The Bertz CT molecular complexity index is 1050. The molecule has 1 N–H and O–H groups in total. The van der Waals surface area contributed by atoms with Crippen molar-refractivity contribution < 1.29 is 27.5 Å². The predicted molar refractivity (Wildman–Crippen MR) is 115 cm³/mol. The van der Waals surface area contributed by atoms with Gasteiger partial charge in [0.25, 0.3) is 0 Å². The highest BCUT2D eigenvalue weighted by Crippen LogP contribution is 2.27. The highest BCUT2D eigenvalue weighted by molar-refractivity contribution is 7.89. The molecule has 0 radical (unpaired) electrons. The molecule has 0 saturated carbocycles. The van der Waals surface area contributed by atoms with Crippen LogP contribution in [-0.2, 0) is 30.9 Å². The van der Waals surface area contributed by atoms with Crippen LogP contribution in [0.3, 0.4) is 0 Å². The van der Waals surface area contributed by atoms with E-state index in [2.05, 4.69) is 5.32 Å². The van der Waals surface area contributed by atoms with E-state index < -0.39 is 16.0 Å². The van der Waals surface area contributed by atoms with Crippen LogP contribution < -0.4 is 5.32 Å². The summed E-state index contributed by atoms with van der Waals surface area (Å²) in [6, 6.07) is 13.4. The summed E-state index contributed by atoms with van der Waals surface area (Å²) in [7, 11) is -1.09. The Balaban J connectivity index is 1.68. The largest absolute Gasteiger partial charge is 0.465 e. The standard InChI is InChI=1S/C22H26N2O6S/c1-29-15-17-7-3-5-9-19(17)23-21(25)16-11-13-24(14-12-16)31(27,28)20-10-6-4-8-18(20)22(26)30-2/h3-10,16H,11-15H2,1-2H3,(H,23,25). The third-order valence-electron chi connectivity index (χ3n) is 5.31. The summed E-state index contributed by atoms with van der Waals surface area (Å²) in [5, 5.41) is 2.93. The first-order chi connectivity index (χ1) is 14.9. The van der Waals surface area contributed by atoms with Gasteiger partial charge in [-0.3, -0.25) is 4.79 Å². The number of carbonyl (C=O) groups is 2. The number of para-hydroxylation sites is 1. The molecule has 2 aromatic carbocycles. The van der Waals surface area contributed by atoms with Crippen molar-refractivity contribution in [3.05, 3.63) is 59.7 Å². The van der Waals surface area contributed by atoms with Crippen molar-refractivity contribution in [1.29, 1.82) is 0 Å². The Morgan fingerprint density at radius 1 is 1.03 bits per heavy atom. The second-order valence-corrected chi connectivity index (χ2v) is 9.15. The van der Waals surface area contributed by atoms with E-state index in [9.17, 15) is 18.0 Å². The molecule has 0 bridgehead atoms. The molecule has 1 amide bonds. The molecule has 166 valence electrons.